The maximum absolute atomic E-state index is 13.3. The molecule has 0 aromatic heterocycles. The summed E-state index contributed by atoms with van der Waals surface area (Å²) in [5, 5.41) is 2.99. The van der Waals surface area contributed by atoms with Crippen LogP contribution in [-0.2, 0) is 6.42 Å². The largest absolute Gasteiger partial charge is 0.309 e. The van der Waals surface area contributed by atoms with E-state index in [0.29, 0.717) is 5.56 Å². The molecule has 1 atom stereocenters. The van der Waals surface area contributed by atoms with Crippen molar-refractivity contribution >= 4 is 0 Å². The summed E-state index contributed by atoms with van der Waals surface area (Å²) in [5.74, 6) is -3.79. The van der Waals surface area contributed by atoms with E-state index in [2.05, 4.69) is 12.2 Å². The molecule has 0 radical (unpaired) electrons. The molecule has 0 fully saturated rings. The van der Waals surface area contributed by atoms with Gasteiger partial charge < -0.3 is 5.32 Å². The van der Waals surface area contributed by atoms with E-state index in [0.717, 1.165) is 24.1 Å². The van der Waals surface area contributed by atoms with Gasteiger partial charge in [0.25, 0.3) is 0 Å². The number of aryl methyl sites for hydroxylation is 1. The Balaban J connectivity index is 2.41. The number of hydrogen-bond donors (Lipinski definition) is 1. The molecule has 2 aromatic carbocycles. The number of hydrogen-bond acceptors (Lipinski definition) is 1. The predicted octanol–water partition coefficient (Wildman–Crippen LogP) is 3.98. The molecule has 20 heavy (non-hydrogen) atoms. The summed E-state index contributed by atoms with van der Waals surface area (Å²) in [5.41, 5.74) is 2.41. The third kappa shape index (κ3) is 2.85. The van der Waals surface area contributed by atoms with E-state index >= 15 is 0 Å². The summed E-state index contributed by atoms with van der Waals surface area (Å²) >= 11 is 0. The topological polar surface area (TPSA) is 12.0 Å². The Hall–Kier alpha value is -1.81. The van der Waals surface area contributed by atoms with Gasteiger partial charge in [0.15, 0.2) is 17.5 Å². The highest BCUT2D eigenvalue weighted by Crippen LogP contribution is 2.25. The van der Waals surface area contributed by atoms with E-state index in [4.69, 9.17) is 0 Å². The molecular weight excluding hydrogens is 263 g/mol. The molecule has 1 unspecified atom stereocenters. The molecule has 2 aromatic rings. The van der Waals surface area contributed by atoms with Crippen molar-refractivity contribution in [2.24, 2.45) is 0 Å². The molecule has 4 heteroatoms. The number of rotatable bonds is 4. The fourth-order valence-corrected chi connectivity index (χ4v) is 2.21. The van der Waals surface area contributed by atoms with Gasteiger partial charge in [0, 0.05) is 0 Å². The van der Waals surface area contributed by atoms with Crippen LogP contribution in [0.5, 0.6) is 0 Å². The Morgan fingerprint density at radius 1 is 0.950 bits per heavy atom. The molecule has 0 bridgehead atoms. The fourth-order valence-electron chi connectivity index (χ4n) is 2.21. The Morgan fingerprint density at radius 2 is 1.50 bits per heavy atom. The molecule has 1 N–H and O–H groups in total. The number of halogens is 3. The quantitative estimate of drug-likeness (QED) is 0.835. The minimum atomic E-state index is -1.44. The highest BCUT2D eigenvalue weighted by Gasteiger charge is 2.17. The Morgan fingerprint density at radius 3 is 1.95 bits per heavy atom. The summed E-state index contributed by atoms with van der Waals surface area (Å²) in [6, 6.07) is 9.40. The first kappa shape index (κ1) is 14.6. The van der Waals surface area contributed by atoms with Crippen molar-refractivity contribution in [3.8, 4) is 0 Å². The summed E-state index contributed by atoms with van der Waals surface area (Å²) in [4.78, 5) is 0. The van der Waals surface area contributed by atoms with Crippen molar-refractivity contribution in [3.63, 3.8) is 0 Å². The van der Waals surface area contributed by atoms with Crippen LogP contribution in [0.15, 0.2) is 36.4 Å². The number of nitrogens with one attached hydrogen (secondary N) is 1. The first-order valence-corrected chi connectivity index (χ1v) is 6.47. The molecule has 0 heterocycles. The van der Waals surface area contributed by atoms with Gasteiger partial charge in [-0.05, 0) is 42.3 Å². The first-order valence-electron chi connectivity index (χ1n) is 6.47. The average molecular weight is 279 g/mol. The van der Waals surface area contributed by atoms with Gasteiger partial charge in [0.1, 0.15) is 0 Å². The molecule has 0 saturated carbocycles. The van der Waals surface area contributed by atoms with Crippen LogP contribution in [0.1, 0.15) is 29.7 Å². The molecule has 0 aliphatic heterocycles. The van der Waals surface area contributed by atoms with E-state index in [1.54, 1.807) is 7.05 Å². The fraction of sp³-hybridized carbons (Fsp3) is 0.250. The second-order valence-electron chi connectivity index (χ2n) is 4.62. The molecule has 0 amide bonds. The van der Waals surface area contributed by atoms with Crippen LogP contribution in [0.3, 0.4) is 0 Å². The van der Waals surface area contributed by atoms with E-state index < -0.39 is 17.5 Å². The minimum absolute atomic E-state index is 0.355. The summed E-state index contributed by atoms with van der Waals surface area (Å²) < 4.78 is 39.7. The zero-order valence-electron chi connectivity index (χ0n) is 11.4. The lowest BCUT2D eigenvalue weighted by atomic mass is 9.97. The standard InChI is InChI=1S/C16H16F3N/c1-3-10-4-6-11(7-5-10)16(20-2)12-8-13(17)15(19)14(18)9-12/h4-9,16,20H,3H2,1-2H3. The van der Waals surface area contributed by atoms with Crippen LogP contribution in [0.4, 0.5) is 13.2 Å². The van der Waals surface area contributed by atoms with Crippen LogP contribution < -0.4 is 5.32 Å². The smallest absolute Gasteiger partial charge is 0.194 e. The van der Waals surface area contributed by atoms with Gasteiger partial charge in [-0.15, -0.1) is 0 Å². The predicted molar refractivity (Wildman–Crippen MR) is 73.0 cm³/mol. The first-order chi connectivity index (χ1) is 9.56. The van der Waals surface area contributed by atoms with Gasteiger partial charge in [-0.25, -0.2) is 13.2 Å². The SMILES string of the molecule is CCc1ccc(C(NC)c2cc(F)c(F)c(F)c2)cc1. The lowest BCUT2D eigenvalue weighted by Crippen LogP contribution is -2.18. The Kier molecular flexibility index (Phi) is 4.45. The normalized spacial score (nSPS) is 12.4. The lowest BCUT2D eigenvalue weighted by molar-refractivity contribution is 0.443. The van der Waals surface area contributed by atoms with Crippen molar-refractivity contribution in [2.45, 2.75) is 19.4 Å². The van der Waals surface area contributed by atoms with Crippen molar-refractivity contribution < 1.29 is 13.2 Å². The van der Waals surface area contributed by atoms with Gasteiger partial charge in [-0.3, -0.25) is 0 Å². The van der Waals surface area contributed by atoms with Crippen LogP contribution >= 0.6 is 0 Å². The Labute approximate surface area is 116 Å². The summed E-state index contributed by atoms with van der Waals surface area (Å²) in [6.07, 6.45) is 0.921. The summed E-state index contributed by atoms with van der Waals surface area (Å²) in [7, 11) is 1.69. The third-order valence-corrected chi connectivity index (χ3v) is 3.35. The molecular formula is C16H16F3N. The van der Waals surface area contributed by atoms with Gasteiger partial charge in [0.2, 0.25) is 0 Å². The second kappa shape index (κ2) is 6.09. The summed E-state index contributed by atoms with van der Waals surface area (Å²) in [6.45, 7) is 2.05. The van der Waals surface area contributed by atoms with Gasteiger partial charge in [-0.1, -0.05) is 31.2 Å². The van der Waals surface area contributed by atoms with Crippen molar-refractivity contribution in [1.82, 2.24) is 5.32 Å². The second-order valence-corrected chi connectivity index (χ2v) is 4.62. The van der Waals surface area contributed by atoms with Crippen LogP contribution in [-0.4, -0.2) is 7.05 Å². The van der Waals surface area contributed by atoms with Crippen LogP contribution in [0, 0.1) is 17.5 Å². The molecule has 106 valence electrons. The minimum Gasteiger partial charge on any atom is -0.309 e. The molecule has 2 rings (SSSR count). The van der Waals surface area contributed by atoms with E-state index in [1.807, 2.05) is 24.3 Å². The lowest BCUT2D eigenvalue weighted by Gasteiger charge is -2.18. The van der Waals surface area contributed by atoms with Gasteiger partial charge >= 0.3 is 0 Å². The van der Waals surface area contributed by atoms with Crippen LogP contribution in [0.25, 0.3) is 0 Å². The average Bonchev–Trinajstić information content (AvgIpc) is 2.46. The highest BCUT2D eigenvalue weighted by molar-refractivity contribution is 5.34. The molecule has 0 spiro atoms. The Bertz CT molecular complexity index is 570. The molecule has 0 saturated heterocycles. The van der Waals surface area contributed by atoms with Crippen molar-refractivity contribution in [3.05, 3.63) is 70.5 Å². The maximum atomic E-state index is 13.3. The van der Waals surface area contributed by atoms with E-state index in [1.165, 1.54) is 5.56 Å². The van der Waals surface area contributed by atoms with Crippen molar-refractivity contribution in [1.29, 1.82) is 0 Å². The van der Waals surface area contributed by atoms with Crippen molar-refractivity contribution in [2.75, 3.05) is 7.05 Å². The highest BCUT2D eigenvalue weighted by atomic mass is 19.2. The monoisotopic (exact) mass is 279 g/mol. The zero-order valence-corrected chi connectivity index (χ0v) is 11.4. The van der Waals surface area contributed by atoms with E-state index in [-0.39, 0.29) is 6.04 Å². The number of benzene rings is 2. The van der Waals surface area contributed by atoms with Gasteiger partial charge in [0.05, 0.1) is 6.04 Å². The zero-order chi connectivity index (χ0) is 14.7. The molecule has 1 nitrogen and oxygen atoms in total. The maximum Gasteiger partial charge on any atom is 0.194 e. The third-order valence-electron chi connectivity index (χ3n) is 3.35. The van der Waals surface area contributed by atoms with Gasteiger partial charge in [-0.2, -0.15) is 0 Å². The molecule has 0 aliphatic carbocycles. The molecule has 0 aliphatic rings. The van der Waals surface area contributed by atoms with Crippen LogP contribution in [0.2, 0.25) is 0 Å². The van der Waals surface area contributed by atoms with E-state index in [9.17, 15) is 13.2 Å².